The maximum atomic E-state index is 10.5. The lowest BCUT2D eigenvalue weighted by atomic mass is 9.92. The van der Waals surface area contributed by atoms with E-state index in [-0.39, 0.29) is 11.3 Å². The Morgan fingerprint density at radius 1 is 1.56 bits per heavy atom. The van der Waals surface area contributed by atoms with Crippen LogP contribution in [0.2, 0.25) is 0 Å². The first-order valence-electron chi connectivity index (χ1n) is 4.52. The molecular weight excluding hydrogens is 214 g/mol. The number of nitro groups is 1. The lowest BCUT2D eigenvalue weighted by Crippen LogP contribution is -2.25. The minimum atomic E-state index is -1.61. The van der Waals surface area contributed by atoms with Gasteiger partial charge in [-0.15, -0.1) is 0 Å². The number of hydrogen-bond donors (Lipinski definition) is 2. The third-order valence-corrected chi connectivity index (χ3v) is 2.17. The Morgan fingerprint density at radius 3 is 2.69 bits per heavy atom. The van der Waals surface area contributed by atoms with Gasteiger partial charge in [0.1, 0.15) is 0 Å². The molecule has 0 bridgehead atoms. The lowest BCUT2D eigenvalue weighted by Gasteiger charge is -2.21. The summed E-state index contributed by atoms with van der Waals surface area (Å²) in [5, 5.41) is 29.0. The monoisotopic (exact) mass is 225 g/mol. The highest BCUT2D eigenvalue weighted by Crippen LogP contribution is 2.27. The van der Waals surface area contributed by atoms with Crippen LogP contribution in [0.4, 0.5) is 5.69 Å². The molecule has 0 aromatic heterocycles. The van der Waals surface area contributed by atoms with Gasteiger partial charge in [-0.2, -0.15) is 0 Å². The number of rotatable bonds is 4. The highest BCUT2D eigenvalue weighted by molar-refractivity contribution is 5.68. The van der Waals surface area contributed by atoms with Crippen LogP contribution in [0.15, 0.2) is 24.3 Å². The summed E-state index contributed by atoms with van der Waals surface area (Å²) in [5.74, 6) is -1.17. The van der Waals surface area contributed by atoms with Crippen molar-refractivity contribution in [2.75, 3.05) is 0 Å². The molecular formula is C10H11NO5. The van der Waals surface area contributed by atoms with Gasteiger partial charge in [0.15, 0.2) is 0 Å². The molecule has 1 aromatic carbocycles. The van der Waals surface area contributed by atoms with E-state index >= 15 is 0 Å². The molecule has 1 atom stereocenters. The molecule has 0 heterocycles. The fraction of sp³-hybridized carbons (Fsp3) is 0.300. The number of nitro benzene ring substituents is 1. The zero-order chi connectivity index (χ0) is 12.3. The number of carboxylic acid groups (broad SMARTS) is 1. The maximum Gasteiger partial charge on any atom is 0.306 e. The predicted molar refractivity (Wildman–Crippen MR) is 54.9 cm³/mol. The molecule has 0 radical (unpaired) electrons. The van der Waals surface area contributed by atoms with Crippen molar-refractivity contribution < 1.29 is 19.9 Å². The average Bonchev–Trinajstić information content (AvgIpc) is 2.16. The van der Waals surface area contributed by atoms with Crippen LogP contribution in [-0.4, -0.2) is 21.1 Å². The Morgan fingerprint density at radius 2 is 2.19 bits per heavy atom. The molecule has 1 aromatic rings. The number of nitrogens with zero attached hydrogens (tertiary/aromatic N) is 1. The Bertz CT molecular complexity index is 427. The molecule has 86 valence electrons. The standard InChI is InChI=1S/C10H11NO5/c1-10(14,6-9(12)13)7-3-2-4-8(5-7)11(15)16/h2-5,14H,6H2,1H3,(H,12,13)/t10-/m0/s1. The van der Waals surface area contributed by atoms with Gasteiger partial charge >= 0.3 is 5.97 Å². The molecule has 0 saturated heterocycles. The Balaban J connectivity index is 3.07. The third kappa shape index (κ3) is 2.77. The van der Waals surface area contributed by atoms with Crippen LogP contribution in [-0.2, 0) is 10.4 Å². The smallest absolute Gasteiger partial charge is 0.306 e. The molecule has 0 unspecified atom stereocenters. The first kappa shape index (κ1) is 12.1. The van der Waals surface area contributed by atoms with E-state index in [2.05, 4.69) is 0 Å². The summed E-state index contributed by atoms with van der Waals surface area (Å²) in [6.07, 6.45) is -0.506. The number of aliphatic carboxylic acids is 1. The van der Waals surface area contributed by atoms with E-state index in [9.17, 15) is 20.0 Å². The van der Waals surface area contributed by atoms with E-state index in [1.54, 1.807) is 0 Å². The minimum Gasteiger partial charge on any atom is -0.481 e. The summed E-state index contributed by atoms with van der Waals surface area (Å²) in [4.78, 5) is 20.4. The number of hydrogen-bond acceptors (Lipinski definition) is 4. The molecule has 0 aliphatic heterocycles. The SMILES string of the molecule is C[C@](O)(CC(=O)O)c1cccc([N+](=O)[O-])c1. The fourth-order valence-electron chi connectivity index (χ4n) is 1.35. The summed E-state index contributed by atoms with van der Waals surface area (Å²) in [6, 6.07) is 5.31. The van der Waals surface area contributed by atoms with Gasteiger partial charge in [0.2, 0.25) is 0 Å². The van der Waals surface area contributed by atoms with Gasteiger partial charge in [0.05, 0.1) is 16.9 Å². The van der Waals surface area contributed by atoms with Crippen LogP contribution in [0.1, 0.15) is 18.9 Å². The number of benzene rings is 1. The quantitative estimate of drug-likeness (QED) is 0.593. The second-order valence-electron chi connectivity index (χ2n) is 3.65. The second-order valence-corrected chi connectivity index (χ2v) is 3.65. The second kappa shape index (κ2) is 4.28. The van der Waals surface area contributed by atoms with Gasteiger partial charge in [0, 0.05) is 12.1 Å². The Kier molecular flexibility index (Phi) is 3.24. The van der Waals surface area contributed by atoms with Crippen LogP contribution >= 0.6 is 0 Å². The van der Waals surface area contributed by atoms with Crippen molar-refractivity contribution in [3.8, 4) is 0 Å². The van der Waals surface area contributed by atoms with Gasteiger partial charge in [-0.1, -0.05) is 12.1 Å². The van der Waals surface area contributed by atoms with Crippen LogP contribution in [0.5, 0.6) is 0 Å². The van der Waals surface area contributed by atoms with E-state index in [0.29, 0.717) is 0 Å². The van der Waals surface area contributed by atoms with E-state index in [1.165, 1.54) is 31.2 Å². The van der Waals surface area contributed by atoms with Crippen LogP contribution < -0.4 is 0 Å². The van der Waals surface area contributed by atoms with Crippen LogP contribution in [0.3, 0.4) is 0 Å². The van der Waals surface area contributed by atoms with E-state index in [4.69, 9.17) is 5.11 Å². The van der Waals surface area contributed by atoms with Crippen molar-refractivity contribution in [2.45, 2.75) is 18.9 Å². The molecule has 0 aliphatic rings. The molecule has 0 fully saturated rings. The molecule has 0 spiro atoms. The summed E-state index contributed by atoms with van der Waals surface area (Å²) >= 11 is 0. The summed E-state index contributed by atoms with van der Waals surface area (Å²) in [7, 11) is 0. The molecule has 16 heavy (non-hydrogen) atoms. The third-order valence-electron chi connectivity index (χ3n) is 2.17. The summed E-state index contributed by atoms with van der Waals surface area (Å²) in [5.41, 5.74) is -1.58. The fourth-order valence-corrected chi connectivity index (χ4v) is 1.35. The number of aliphatic hydroxyl groups is 1. The zero-order valence-corrected chi connectivity index (χ0v) is 8.58. The number of carboxylic acids is 1. The van der Waals surface area contributed by atoms with Gasteiger partial charge < -0.3 is 10.2 Å². The van der Waals surface area contributed by atoms with Crippen molar-refractivity contribution in [1.29, 1.82) is 0 Å². The highest BCUT2D eigenvalue weighted by atomic mass is 16.6. The molecule has 6 nitrogen and oxygen atoms in total. The van der Waals surface area contributed by atoms with Gasteiger partial charge in [0.25, 0.3) is 5.69 Å². The molecule has 1 rings (SSSR count). The number of non-ortho nitro benzene ring substituents is 1. The lowest BCUT2D eigenvalue weighted by molar-refractivity contribution is -0.385. The van der Waals surface area contributed by atoms with Gasteiger partial charge in [-0.25, -0.2) is 0 Å². The van der Waals surface area contributed by atoms with Crippen molar-refractivity contribution in [2.24, 2.45) is 0 Å². The van der Waals surface area contributed by atoms with Crippen molar-refractivity contribution in [3.63, 3.8) is 0 Å². The topological polar surface area (TPSA) is 101 Å². The normalized spacial score (nSPS) is 14.1. The zero-order valence-electron chi connectivity index (χ0n) is 8.58. The first-order chi connectivity index (χ1) is 7.33. The first-order valence-corrected chi connectivity index (χ1v) is 4.52. The van der Waals surface area contributed by atoms with Gasteiger partial charge in [-0.05, 0) is 12.5 Å². The average molecular weight is 225 g/mol. The Hall–Kier alpha value is -1.95. The molecule has 2 N–H and O–H groups in total. The van der Waals surface area contributed by atoms with Crippen molar-refractivity contribution in [1.82, 2.24) is 0 Å². The van der Waals surface area contributed by atoms with Crippen LogP contribution in [0, 0.1) is 10.1 Å². The van der Waals surface area contributed by atoms with Crippen molar-refractivity contribution >= 4 is 11.7 Å². The number of carbonyl (C=O) groups is 1. The van der Waals surface area contributed by atoms with E-state index < -0.39 is 22.9 Å². The molecule has 0 amide bonds. The molecule has 0 saturated carbocycles. The van der Waals surface area contributed by atoms with E-state index in [1.807, 2.05) is 0 Å². The molecule has 0 aliphatic carbocycles. The highest BCUT2D eigenvalue weighted by Gasteiger charge is 2.27. The van der Waals surface area contributed by atoms with E-state index in [0.717, 1.165) is 0 Å². The maximum absolute atomic E-state index is 10.5. The summed E-state index contributed by atoms with van der Waals surface area (Å²) < 4.78 is 0. The molecule has 6 heteroatoms. The van der Waals surface area contributed by atoms with Gasteiger partial charge in [-0.3, -0.25) is 14.9 Å². The largest absolute Gasteiger partial charge is 0.481 e. The Labute approximate surface area is 91.3 Å². The van der Waals surface area contributed by atoms with Crippen LogP contribution in [0.25, 0.3) is 0 Å². The van der Waals surface area contributed by atoms with Crippen molar-refractivity contribution in [3.05, 3.63) is 39.9 Å². The minimum absolute atomic E-state index is 0.178. The predicted octanol–water partition coefficient (Wildman–Crippen LogP) is 1.28. The summed E-state index contributed by atoms with van der Waals surface area (Å²) in [6.45, 7) is 1.31.